The van der Waals surface area contributed by atoms with E-state index in [9.17, 15) is 18.0 Å². The van der Waals surface area contributed by atoms with Gasteiger partial charge in [-0.1, -0.05) is 11.6 Å². The Kier molecular flexibility index (Phi) is 6.31. The third-order valence-electron chi connectivity index (χ3n) is 3.11. The lowest BCUT2D eigenvalue weighted by Gasteiger charge is -2.15. The van der Waals surface area contributed by atoms with Crippen LogP contribution < -0.4 is 9.47 Å². The molecule has 26 heavy (non-hydrogen) atoms. The molecule has 1 aromatic heterocycles. The molecule has 0 amide bonds. The van der Waals surface area contributed by atoms with Crippen molar-refractivity contribution in [1.29, 1.82) is 0 Å². The van der Waals surface area contributed by atoms with Gasteiger partial charge in [-0.3, -0.25) is 0 Å². The van der Waals surface area contributed by atoms with Crippen LogP contribution in [0.3, 0.4) is 0 Å². The first kappa shape index (κ1) is 19.8. The normalized spacial score (nSPS) is 12.4. The molecule has 0 aliphatic rings. The minimum absolute atomic E-state index is 0.0253. The maximum Gasteiger partial charge on any atom is 0.417 e. The lowest BCUT2D eigenvalue weighted by atomic mass is 10.3. The first-order valence-corrected chi connectivity index (χ1v) is 7.92. The monoisotopic (exact) mass is 389 g/mol. The number of ether oxygens (including phenoxy) is 3. The summed E-state index contributed by atoms with van der Waals surface area (Å²) in [5.74, 6) is -0.0705. The van der Waals surface area contributed by atoms with E-state index in [0.717, 1.165) is 12.1 Å². The van der Waals surface area contributed by atoms with Gasteiger partial charge in [-0.2, -0.15) is 13.2 Å². The van der Waals surface area contributed by atoms with Crippen molar-refractivity contribution in [3.05, 3.63) is 47.1 Å². The molecule has 0 N–H and O–H groups in total. The van der Waals surface area contributed by atoms with E-state index < -0.39 is 23.8 Å². The van der Waals surface area contributed by atoms with E-state index in [0.29, 0.717) is 6.20 Å². The number of nitrogens with zero attached hydrogens (tertiary/aromatic N) is 1. The van der Waals surface area contributed by atoms with Crippen LogP contribution in [0.4, 0.5) is 13.2 Å². The van der Waals surface area contributed by atoms with Crippen LogP contribution in [0.25, 0.3) is 0 Å². The van der Waals surface area contributed by atoms with Crippen molar-refractivity contribution in [1.82, 2.24) is 4.98 Å². The van der Waals surface area contributed by atoms with Crippen LogP contribution in [0.15, 0.2) is 36.5 Å². The number of hydrogen-bond acceptors (Lipinski definition) is 5. The van der Waals surface area contributed by atoms with Gasteiger partial charge in [-0.25, -0.2) is 9.78 Å². The van der Waals surface area contributed by atoms with E-state index >= 15 is 0 Å². The Balaban J connectivity index is 2.06. The predicted molar refractivity (Wildman–Crippen MR) is 87.5 cm³/mol. The average Bonchev–Trinajstić information content (AvgIpc) is 2.57. The van der Waals surface area contributed by atoms with Gasteiger partial charge in [0, 0.05) is 18.3 Å². The minimum Gasteiger partial charge on any atom is -0.477 e. The molecule has 0 fully saturated rings. The zero-order valence-corrected chi connectivity index (χ0v) is 14.6. The summed E-state index contributed by atoms with van der Waals surface area (Å²) >= 11 is 6.08. The Bertz CT molecular complexity index is 766. The number of benzene rings is 1. The third-order valence-corrected chi connectivity index (χ3v) is 3.41. The number of rotatable bonds is 6. The van der Waals surface area contributed by atoms with E-state index in [-0.39, 0.29) is 29.0 Å². The summed E-state index contributed by atoms with van der Waals surface area (Å²) in [5, 5.41) is 0.158. The number of aromatic nitrogens is 1. The van der Waals surface area contributed by atoms with Crippen LogP contribution in [0, 0.1) is 0 Å². The fraction of sp³-hybridized carbons (Fsp3) is 0.294. The molecule has 1 heterocycles. The Morgan fingerprint density at radius 1 is 1.27 bits per heavy atom. The van der Waals surface area contributed by atoms with Crippen LogP contribution in [0.2, 0.25) is 5.02 Å². The minimum atomic E-state index is -4.47. The van der Waals surface area contributed by atoms with E-state index in [4.69, 9.17) is 25.8 Å². The molecule has 9 heteroatoms. The Hall–Kier alpha value is -2.48. The zero-order valence-electron chi connectivity index (χ0n) is 13.8. The molecule has 1 unspecified atom stereocenters. The molecule has 2 rings (SSSR count). The summed E-state index contributed by atoms with van der Waals surface area (Å²) in [5.41, 5.74) is -0.875. The first-order valence-electron chi connectivity index (χ1n) is 7.54. The molecule has 0 aliphatic carbocycles. The number of halogens is 4. The smallest absolute Gasteiger partial charge is 0.417 e. The first-order chi connectivity index (χ1) is 12.2. The summed E-state index contributed by atoms with van der Waals surface area (Å²) in [6.07, 6.45) is -4.64. The van der Waals surface area contributed by atoms with E-state index in [2.05, 4.69) is 4.98 Å². The van der Waals surface area contributed by atoms with E-state index in [1.165, 1.54) is 25.1 Å². The van der Waals surface area contributed by atoms with Crippen molar-refractivity contribution in [2.75, 3.05) is 6.61 Å². The summed E-state index contributed by atoms with van der Waals surface area (Å²) in [7, 11) is 0. The van der Waals surface area contributed by atoms with Crippen LogP contribution in [-0.4, -0.2) is 23.7 Å². The quantitative estimate of drug-likeness (QED) is 0.659. The van der Waals surface area contributed by atoms with Gasteiger partial charge in [-0.05, 0) is 32.0 Å². The van der Waals surface area contributed by atoms with Gasteiger partial charge in [0.2, 0.25) is 5.88 Å². The number of carbonyl (C=O) groups excluding carboxylic acids is 1. The molecular weight excluding hydrogens is 375 g/mol. The SMILES string of the molecule is CCOC(=O)C(C)Oc1ccc(Oc2ccc(C(F)(F)F)cn2)cc1Cl. The standard InChI is InChI=1S/C17H15ClF3NO4/c1-3-24-16(23)10(2)25-14-6-5-12(8-13(14)18)26-15-7-4-11(9-22-15)17(19,20)21/h4-10H,3H2,1-2H3. The van der Waals surface area contributed by atoms with Crippen molar-refractivity contribution >= 4 is 17.6 Å². The molecule has 140 valence electrons. The number of hydrogen-bond donors (Lipinski definition) is 0. The predicted octanol–water partition coefficient (Wildman–Crippen LogP) is 4.88. The van der Waals surface area contributed by atoms with Gasteiger partial charge in [0.25, 0.3) is 0 Å². The number of carbonyl (C=O) groups is 1. The van der Waals surface area contributed by atoms with E-state index in [1.54, 1.807) is 6.92 Å². The van der Waals surface area contributed by atoms with Crippen molar-refractivity contribution in [2.24, 2.45) is 0 Å². The molecular formula is C17H15ClF3NO4. The highest BCUT2D eigenvalue weighted by Gasteiger charge is 2.30. The summed E-state index contributed by atoms with van der Waals surface area (Å²) < 4.78 is 53.1. The second-order valence-electron chi connectivity index (χ2n) is 5.09. The number of alkyl halides is 3. The van der Waals surface area contributed by atoms with Crippen molar-refractivity contribution < 1.29 is 32.2 Å². The zero-order chi connectivity index (χ0) is 19.3. The summed E-state index contributed by atoms with van der Waals surface area (Å²) in [6.45, 7) is 3.43. The maximum atomic E-state index is 12.5. The highest BCUT2D eigenvalue weighted by Crippen LogP contribution is 2.33. The van der Waals surface area contributed by atoms with Gasteiger partial charge in [0.1, 0.15) is 11.5 Å². The molecule has 5 nitrogen and oxygen atoms in total. The summed E-state index contributed by atoms with van der Waals surface area (Å²) in [4.78, 5) is 15.2. The molecule has 1 atom stereocenters. The van der Waals surface area contributed by atoms with Crippen molar-refractivity contribution in [2.45, 2.75) is 26.1 Å². The van der Waals surface area contributed by atoms with E-state index in [1.807, 2.05) is 0 Å². The second-order valence-corrected chi connectivity index (χ2v) is 5.50. The fourth-order valence-corrected chi connectivity index (χ4v) is 2.08. The molecule has 0 aliphatic heterocycles. The average molecular weight is 390 g/mol. The van der Waals surface area contributed by atoms with Crippen LogP contribution in [0.1, 0.15) is 19.4 Å². The van der Waals surface area contributed by atoms with Gasteiger partial charge in [0.05, 0.1) is 17.2 Å². The Morgan fingerprint density at radius 3 is 2.54 bits per heavy atom. The number of esters is 1. The Labute approximate surface area is 152 Å². The lowest BCUT2D eigenvalue weighted by molar-refractivity contribution is -0.150. The topological polar surface area (TPSA) is 57.7 Å². The molecule has 0 saturated carbocycles. The van der Waals surface area contributed by atoms with Crippen LogP contribution in [-0.2, 0) is 15.7 Å². The van der Waals surface area contributed by atoms with Crippen molar-refractivity contribution in [3.63, 3.8) is 0 Å². The molecule has 0 saturated heterocycles. The Morgan fingerprint density at radius 2 is 2.00 bits per heavy atom. The third kappa shape index (κ3) is 5.26. The maximum absolute atomic E-state index is 12.5. The van der Waals surface area contributed by atoms with Gasteiger partial charge < -0.3 is 14.2 Å². The molecule has 0 radical (unpaired) electrons. The molecule has 2 aromatic rings. The fourth-order valence-electron chi connectivity index (χ4n) is 1.87. The molecule has 0 bridgehead atoms. The second kappa shape index (κ2) is 8.27. The van der Waals surface area contributed by atoms with Crippen LogP contribution >= 0.6 is 11.6 Å². The highest BCUT2D eigenvalue weighted by molar-refractivity contribution is 6.32. The van der Waals surface area contributed by atoms with Gasteiger partial charge in [0.15, 0.2) is 6.10 Å². The highest BCUT2D eigenvalue weighted by atomic mass is 35.5. The van der Waals surface area contributed by atoms with Gasteiger partial charge >= 0.3 is 12.1 Å². The molecule has 1 aromatic carbocycles. The van der Waals surface area contributed by atoms with Crippen LogP contribution in [0.5, 0.6) is 17.4 Å². The largest absolute Gasteiger partial charge is 0.477 e. The number of pyridine rings is 1. The lowest BCUT2D eigenvalue weighted by Crippen LogP contribution is -2.26. The summed E-state index contributed by atoms with van der Waals surface area (Å²) in [6, 6.07) is 6.32. The van der Waals surface area contributed by atoms with Crippen molar-refractivity contribution in [3.8, 4) is 17.4 Å². The molecule has 0 spiro atoms. The van der Waals surface area contributed by atoms with Gasteiger partial charge in [-0.15, -0.1) is 0 Å².